The molecule has 28 heavy (non-hydrogen) atoms. The van der Waals surface area contributed by atoms with E-state index in [4.69, 9.17) is 14.5 Å². The van der Waals surface area contributed by atoms with Gasteiger partial charge in [-0.15, -0.1) is 0 Å². The summed E-state index contributed by atoms with van der Waals surface area (Å²) in [5.74, 6) is 1.53. The third-order valence-electron chi connectivity index (χ3n) is 5.71. The minimum Gasteiger partial charge on any atom is -0.493 e. The zero-order valence-electron chi connectivity index (χ0n) is 16.8. The number of pyridine rings is 1. The van der Waals surface area contributed by atoms with Crippen molar-refractivity contribution in [3.05, 3.63) is 69.3 Å². The molecule has 1 aliphatic heterocycles. The Morgan fingerprint density at radius 1 is 1.18 bits per heavy atom. The fourth-order valence-electron chi connectivity index (χ4n) is 4.11. The van der Waals surface area contributed by atoms with Crippen molar-refractivity contribution in [1.82, 2.24) is 9.38 Å². The molecular weight excluding hydrogens is 354 g/mol. The number of hydrogen-bond donors (Lipinski definition) is 1. The second-order valence-electron chi connectivity index (χ2n) is 7.48. The molecule has 6 nitrogen and oxygen atoms in total. The summed E-state index contributed by atoms with van der Waals surface area (Å²) >= 11 is 0. The van der Waals surface area contributed by atoms with E-state index in [1.54, 1.807) is 24.7 Å². The van der Waals surface area contributed by atoms with Gasteiger partial charge < -0.3 is 14.4 Å². The quantitative estimate of drug-likeness (QED) is 0.749. The van der Waals surface area contributed by atoms with Crippen LogP contribution in [0.3, 0.4) is 0 Å². The van der Waals surface area contributed by atoms with Crippen molar-refractivity contribution in [2.75, 3.05) is 20.8 Å². The van der Waals surface area contributed by atoms with Crippen molar-refractivity contribution in [1.29, 1.82) is 0 Å². The Labute approximate surface area is 164 Å². The number of quaternary nitrogens is 1. The molecule has 3 heterocycles. The molecule has 1 aliphatic rings. The van der Waals surface area contributed by atoms with E-state index in [-0.39, 0.29) is 11.6 Å². The lowest BCUT2D eigenvalue weighted by molar-refractivity contribution is -0.945. The van der Waals surface area contributed by atoms with Crippen LogP contribution in [0.4, 0.5) is 0 Å². The first-order valence-corrected chi connectivity index (χ1v) is 9.58. The Bertz CT molecular complexity index is 1090. The second kappa shape index (κ2) is 7.28. The Morgan fingerprint density at radius 3 is 2.68 bits per heavy atom. The van der Waals surface area contributed by atoms with E-state index in [2.05, 4.69) is 19.1 Å². The van der Waals surface area contributed by atoms with Gasteiger partial charge in [0.2, 0.25) is 0 Å². The SMILES string of the molecule is COc1cc2c(cc1OC)[C@H](C)[NH+](Cc1cc(=O)n3cc(C)ccc3n1)CC2. The van der Waals surface area contributed by atoms with Gasteiger partial charge >= 0.3 is 0 Å². The predicted molar refractivity (Wildman–Crippen MR) is 107 cm³/mol. The van der Waals surface area contributed by atoms with Crippen LogP contribution in [0.25, 0.3) is 5.65 Å². The maximum Gasteiger partial charge on any atom is 0.258 e. The van der Waals surface area contributed by atoms with E-state index < -0.39 is 0 Å². The lowest BCUT2D eigenvalue weighted by atomic mass is 9.92. The molecule has 6 heteroatoms. The second-order valence-corrected chi connectivity index (χ2v) is 7.48. The standard InChI is InChI=1S/C22H25N3O3/c1-14-5-6-21-23-17(10-22(26)25(21)12-14)13-24-8-7-16-9-19(27-3)20(28-4)11-18(16)15(24)2/h5-6,9-12,15H,7-8,13H2,1-4H3/p+1/t15-/m0/s1. The lowest BCUT2D eigenvalue weighted by Crippen LogP contribution is -3.11. The number of hydrogen-bond acceptors (Lipinski definition) is 4. The molecule has 1 aromatic carbocycles. The molecular formula is C22H26N3O3+. The van der Waals surface area contributed by atoms with Crippen molar-refractivity contribution in [2.24, 2.45) is 0 Å². The minimum atomic E-state index is -0.0282. The number of aromatic nitrogens is 2. The predicted octanol–water partition coefficient (Wildman–Crippen LogP) is 1.72. The Balaban J connectivity index is 1.64. The van der Waals surface area contributed by atoms with Gasteiger partial charge in [-0.1, -0.05) is 6.07 Å². The average molecular weight is 380 g/mol. The summed E-state index contributed by atoms with van der Waals surface area (Å²) in [6.45, 7) is 5.89. The Kier molecular flexibility index (Phi) is 4.81. The Hall–Kier alpha value is -2.86. The van der Waals surface area contributed by atoms with Crippen LogP contribution in [0, 0.1) is 6.92 Å². The van der Waals surface area contributed by atoms with Gasteiger partial charge in [-0.3, -0.25) is 9.20 Å². The maximum atomic E-state index is 12.5. The van der Waals surface area contributed by atoms with E-state index in [0.29, 0.717) is 12.2 Å². The largest absolute Gasteiger partial charge is 0.493 e. The smallest absolute Gasteiger partial charge is 0.258 e. The van der Waals surface area contributed by atoms with Crippen LogP contribution in [0.15, 0.2) is 41.3 Å². The van der Waals surface area contributed by atoms with Crippen molar-refractivity contribution < 1.29 is 14.4 Å². The summed E-state index contributed by atoms with van der Waals surface area (Å²) in [4.78, 5) is 18.6. The van der Waals surface area contributed by atoms with Crippen molar-refractivity contribution in [3.63, 3.8) is 0 Å². The fraction of sp³-hybridized carbons (Fsp3) is 0.364. The van der Waals surface area contributed by atoms with Gasteiger partial charge in [0.05, 0.1) is 20.8 Å². The summed E-state index contributed by atoms with van der Waals surface area (Å²) < 4.78 is 12.5. The number of aryl methyl sites for hydroxylation is 1. The molecule has 0 saturated heterocycles. The molecule has 0 spiro atoms. The lowest BCUT2D eigenvalue weighted by Gasteiger charge is -2.32. The van der Waals surface area contributed by atoms with Gasteiger partial charge in [-0.2, -0.15) is 0 Å². The molecule has 2 aromatic heterocycles. The van der Waals surface area contributed by atoms with Crippen LogP contribution in [-0.2, 0) is 13.0 Å². The van der Waals surface area contributed by atoms with E-state index in [1.165, 1.54) is 16.0 Å². The number of ether oxygens (including phenoxy) is 2. The Morgan fingerprint density at radius 2 is 1.93 bits per heavy atom. The van der Waals surface area contributed by atoms with Gasteiger partial charge in [-0.05, 0) is 43.2 Å². The highest BCUT2D eigenvalue weighted by molar-refractivity contribution is 5.48. The van der Waals surface area contributed by atoms with Crippen molar-refractivity contribution >= 4 is 5.65 Å². The molecule has 0 saturated carbocycles. The fourth-order valence-corrected chi connectivity index (χ4v) is 4.11. The van der Waals surface area contributed by atoms with Gasteiger partial charge in [0.1, 0.15) is 23.9 Å². The molecule has 0 aliphatic carbocycles. The molecule has 2 atom stereocenters. The van der Waals surface area contributed by atoms with E-state index in [0.717, 1.165) is 35.7 Å². The highest BCUT2D eigenvalue weighted by Gasteiger charge is 2.29. The molecule has 0 fully saturated rings. The third kappa shape index (κ3) is 3.24. The first-order valence-electron chi connectivity index (χ1n) is 9.58. The number of nitrogens with zero attached hydrogens (tertiary/aromatic N) is 2. The van der Waals surface area contributed by atoms with Crippen molar-refractivity contribution in [3.8, 4) is 11.5 Å². The number of methoxy groups -OCH3 is 2. The normalized spacial score (nSPS) is 18.7. The highest BCUT2D eigenvalue weighted by atomic mass is 16.5. The van der Waals surface area contributed by atoms with Gasteiger partial charge in [-0.25, -0.2) is 4.98 Å². The van der Waals surface area contributed by atoms with Crippen LogP contribution < -0.4 is 19.9 Å². The van der Waals surface area contributed by atoms with Crippen LogP contribution >= 0.6 is 0 Å². The summed E-state index contributed by atoms with van der Waals surface area (Å²) in [6.07, 6.45) is 2.79. The van der Waals surface area contributed by atoms with Gasteiger partial charge in [0, 0.05) is 24.2 Å². The van der Waals surface area contributed by atoms with Gasteiger partial charge in [0.25, 0.3) is 5.56 Å². The number of benzene rings is 1. The van der Waals surface area contributed by atoms with Crippen LogP contribution in [0.2, 0.25) is 0 Å². The van der Waals surface area contributed by atoms with Crippen LogP contribution in [0.5, 0.6) is 11.5 Å². The monoisotopic (exact) mass is 380 g/mol. The number of nitrogens with one attached hydrogen (secondary N) is 1. The van der Waals surface area contributed by atoms with Crippen LogP contribution in [-0.4, -0.2) is 30.1 Å². The summed E-state index contributed by atoms with van der Waals surface area (Å²) in [5.41, 5.74) is 5.12. The number of rotatable bonds is 4. The molecule has 0 radical (unpaired) electrons. The van der Waals surface area contributed by atoms with E-state index >= 15 is 0 Å². The third-order valence-corrected chi connectivity index (χ3v) is 5.71. The molecule has 4 rings (SSSR count). The van der Waals surface area contributed by atoms with Crippen LogP contribution in [0.1, 0.15) is 35.3 Å². The maximum absolute atomic E-state index is 12.5. The average Bonchev–Trinajstić information content (AvgIpc) is 2.70. The summed E-state index contributed by atoms with van der Waals surface area (Å²) in [5, 5.41) is 0. The zero-order chi connectivity index (χ0) is 19.8. The number of fused-ring (bicyclic) bond motifs is 2. The summed E-state index contributed by atoms with van der Waals surface area (Å²) in [7, 11) is 3.33. The first-order chi connectivity index (χ1) is 13.5. The topological polar surface area (TPSA) is 57.3 Å². The molecule has 0 amide bonds. The molecule has 0 bridgehead atoms. The van der Waals surface area contributed by atoms with Gasteiger partial charge in [0.15, 0.2) is 11.5 Å². The molecule has 3 aromatic rings. The van der Waals surface area contributed by atoms with E-state index in [1.807, 2.05) is 25.3 Å². The summed E-state index contributed by atoms with van der Waals surface area (Å²) in [6, 6.07) is 10.0. The van der Waals surface area contributed by atoms with E-state index in [9.17, 15) is 4.79 Å². The molecule has 1 N–H and O–H groups in total. The first kappa shape index (κ1) is 18.5. The molecule has 1 unspecified atom stereocenters. The van der Waals surface area contributed by atoms with Crippen molar-refractivity contribution in [2.45, 2.75) is 32.9 Å². The minimum absolute atomic E-state index is 0.0282. The molecule has 146 valence electrons. The highest BCUT2D eigenvalue weighted by Crippen LogP contribution is 2.33. The zero-order valence-corrected chi connectivity index (χ0v) is 16.8.